The maximum absolute atomic E-state index is 14.3. The lowest BCUT2D eigenvalue weighted by molar-refractivity contribution is -0.138. The number of piperidine rings is 1. The number of carbonyl (C=O) groups excluding carboxylic acids is 1. The van der Waals surface area contributed by atoms with Crippen LogP contribution in [0.4, 0.5) is 19.0 Å². The molecule has 1 N–H and O–H groups in total. The second-order valence-corrected chi connectivity index (χ2v) is 12.8. The van der Waals surface area contributed by atoms with E-state index in [4.69, 9.17) is 11.6 Å². The molecule has 7 nitrogen and oxygen atoms in total. The van der Waals surface area contributed by atoms with E-state index in [-0.39, 0.29) is 34.2 Å². The Morgan fingerprint density at radius 3 is 2.58 bits per heavy atom. The Morgan fingerprint density at radius 2 is 1.93 bits per heavy atom. The van der Waals surface area contributed by atoms with Crippen LogP contribution in [-0.2, 0) is 24.8 Å². The molecule has 1 aromatic carbocycles. The van der Waals surface area contributed by atoms with Gasteiger partial charge in [-0.05, 0) is 92.1 Å². The lowest BCUT2D eigenvalue weighted by atomic mass is 9.65. The average molecular weight is 577 g/mol. The molecule has 4 aliphatic rings. The van der Waals surface area contributed by atoms with Crippen LogP contribution in [0.5, 0.6) is 0 Å². The first-order valence-electron chi connectivity index (χ1n) is 14.1. The summed E-state index contributed by atoms with van der Waals surface area (Å²) in [5, 5.41) is 2.43. The van der Waals surface area contributed by atoms with Gasteiger partial charge in [0.15, 0.2) is 0 Å². The monoisotopic (exact) mass is 576 g/mol. The molecule has 11 heteroatoms. The molecule has 2 saturated heterocycles. The van der Waals surface area contributed by atoms with Crippen molar-refractivity contribution in [2.45, 2.75) is 64.3 Å². The molecule has 0 spiro atoms. The molecule has 3 aliphatic heterocycles. The second kappa shape index (κ2) is 10.2. The van der Waals surface area contributed by atoms with Crippen LogP contribution in [0.25, 0.3) is 0 Å². The highest BCUT2D eigenvalue weighted by atomic mass is 35.5. The Bertz CT molecular complexity index is 1310. The van der Waals surface area contributed by atoms with Crippen LogP contribution in [-0.4, -0.2) is 59.2 Å². The lowest BCUT2D eigenvalue weighted by Crippen LogP contribution is -2.57. The summed E-state index contributed by atoms with van der Waals surface area (Å²) in [5.41, 5.74) is 3.94. The van der Waals surface area contributed by atoms with E-state index in [1.54, 1.807) is 6.07 Å². The molecule has 2 aromatic rings. The number of hydrogen-bond donors (Lipinski definition) is 1. The first kappa shape index (κ1) is 27.9. The number of nitrogens with zero attached hydrogens (tertiary/aromatic N) is 5. The van der Waals surface area contributed by atoms with Gasteiger partial charge in [0.1, 0.15) is 11.0 Å². The molecule has 1 aromatic heterocycles. The number of halogens is 4. The number of likely N-dealkylation sites (tertiary alicyclic amines) is 1. The quantitative estimate of drug-likeness (QED) is 0.479. The highest BCUT2D eigenvalue weighted by Gasteiger charge is 2.50. The summed E-state index contributed by atoms with van der Waals surface area (Å²) < 4.78 is 42.9. The number of hydrogen-bond acceptors (Lipinski definition) is 6. The van der Waals surface area contributed by atoms with E-state index >= 15 is 0 Å². The number of amides is 1. The number of alkyl halides is 3. The number of hydrazine groups is 1. The van der Waals surface area contributed by atoms with Crippen LogP contribution in [0.3, 0.4) is 0 Å². The molecule has 216 valence electrons. The molecule has 1 saturated carbocycles. The number of fused-ring (bicyclic) bond motifs is 1. The number of nitrogens with one attached hydrogen (secondary N) is 1. The molecule has 3 fully saturated rings. The zero-order valence-corrected chi connectivity index (χ0v) is 23.9. The topological polar surface area (TPSA) is 55.0 Å². The van der Waals surface area contributed by atoms with Crippen molar-refractivity contribution in [1.29, 1.82) is 0 Å². The van der Waals surface area contributed by atoms with Crippen molar-refractivity contribution in [3.05, 3.63) is 57.2 Å². The van der Waals surface area contributed by atoms with Gasteiger partial charge in [-0.15, -0.1) is 0 Å². The van der Waals surface area contributed by atoms with Gasteiger partial charge in [-0.25, -0.2) is 15.4 Å². The summed E-state index contributed by atoms with van der Waals surface area (Å²) in [6, 6.07) is 6.54. The number of aromatic nitrogens is 1. The predicted molar refractivity (Wildman–Crippen MR) is 147 cm³/mol. The van der Waals surface area contributed by atoms with Crippen molar-refractivity contribution >= 4 is 23.3 Å². The van der Waals surface area contributed by atoms with E-state index in [1.165, 1.54) is 11.0 Å². The fourth-order valence-corrected chi connectivity index (χ4v) is 7.32. The molecule has 0 radical (unpaired) electrons. The minimum atomic E-state index is -4.57. The van der Waals surface area contributed by atoms with Crippen LogP contribution in [0.2, 0.25) is 5.15 Å². The number of carbonyl (C=O) groups is 1. The van der Waals surface area contributed by atoms with Crippen molar-refractivity contribution in [2.24, 2.45) is 11.8 Å². The van der Waals surface area contributed by atoms with Gasteiger partial charge in [0.05, 0.1) is 31.0 Å². The third-order valence-electron chi connectivity index (χ3n) is 8.95. The van der Waals surface area contributed by atoms with Crippen LogP contribution in [0.1, 0.15) is 72.1 Å². The molecular weight excluding hydrogens is 541 g/mol. The van der Waals surface area contributed by atoms with Gasteiger partial charge in [-0.2, -0.15) is 13.2 Å². The summed E-state index contributed by atoms with van der Waals surface area (Å²) in [6.45, 7) is 7.70. The van der Waals surface area contributed by atoms with Gasteiger partial charge in [0, 0.05) is 18.7 Å². The van der Waals surface area contributed by atoms with E-state index < -0.39 is 17.6 Å². The van der Waals surface area contributed by atoms with Crippen molar-refractivity contribution in [1.82, 2.24) is 25.2 Å². The average Bonchev–Trinajstić information content (AvgIpc) is 3.44. The predicted octanol–water partition coefficient (Wildman–Crippen LogP) is 5.44. The first-order chi connectivity index (χ1) is 18.9. The van der Waals surface area contributed by atoms with E-state index in [2.05, 4.69) is 39.1 Å². The summed E-state index contributed by atoms with van der Waals surface area (Å²) in [4.78, 5) is 23.8. The molecule has 0 bridgehead atoms. The standard InChI is InChI=1S/C29H36ClF3N6O/c1-18-5-4-6-37(13-18)14-20-7-22-23(24(8-20)29(31,32)33)15-38(27(22)40)26-10-21(9-25(30)35-26)28(11-19(2)12-28)39-17-36(3)16-34-39/h7-10,18-19,34H,4-6,11-17H2,1-3H3/t18-,19?,28?/m0/s1. The first-order valence-corrected chi connectivity index (χ1v) is 14.5. The number of pyridine rings is 1. The fraction of sp³-hybridized carbons (Fsp3) is 0.586. The summed E-state index contributed by atoms with van der Waals surface area (Å²) in [7, 11) is 2.03. The van der Waals surface area contributed by atoms with Gasteiger partial charge in [-0.1, -0.05) is 25.4 Å². The SMILES string of the molecule is CC1CC(c2cc(Cl)nc(N3Cc4c(cc(CN5CCC[C@H](C)C5)cc4C(F)(F)F)C3=O)c2)(N2CN(C)CN2)C1. The molecule has 0 unspecified atom stereocenters. The van der Waals surface area contributed by atoms with E-state index in [0.717, 1.165) is 57.7 Å². The van der Waals surface area contributed by atoms with Gasteiger partial charge < -0.3 is 0 Å². The zero-order chi connectivity index (χ0) is 28.4. The van der Waals surface area contributed by atoms with Crippen LogP contribution >= 0.6 is 11.6 Å². The number of anilines is 1. The minimum absolute atomic E-state index is 0.00593. The highest BCUT2D eigenvalue weighted by molar-refractivity contribution is 6.29. The van der Waals surface area contributed by atoms with Crippen LogP contribution in [0, 0.1) is 11.8 Å². The zero-order valence-electron chi connectivity index (χ0n) is 23.2. The smallest absolute Gasteiger partial charge is 0.299 e. The summed E-state index contributed by atoms with van der Waals surface area (Å²) >= 11 is 6.51. The largest absolute Gasteiger partial charge is 0.416 e. The van der Waals surface area contributed by atoms with Crippen molar-refractivity contribution in [2.75, 3.05) is 38.4 Å². The molecule has 40 heavy (non-hydrogen) atoms. The Kier molecular flexibility index (Phi) is 7.14. The summed E-state index contributed by atoms with van der Waals surface area (Å²) in [6.07, 6.45) is -0.618. The maximum atomic E-state index is 14.3. The maximum Gasteiger partial charge on any atom is 0.416 e. The Morgan fingerprint density at radius 1 is 1.15 bits per heavy atom. The molecule has 1 amide bonds. The van der Waals surface area contributed by atoms with E-state index in [9.17, 15) is 18.0 Å². The van der Waals surface area contributed by atoms with Gasteiger partial charge in [0.25, 0.3) is 5.91 Å². The Balaban J connectivity index is 1.34. The van der Waals surface area contributed by atoms with Gasteiger partial charge in [0.2, 0.25) is 0 Å². The molecule has 1 atom stereocenters. The van der Waals surface area contributed by atoms with Crippen molar-refractivity contribution in [3.8, 4) is 0 Å². The minimum Gasteiger partial charge on any atom is -0.299 e. The van der Waals surface area contributed by atoms with Crippen LogP contribution in [0.15, 0.2) is 24.3 Å². The Labute approximate surface area is 238 Å². The van der Waals surface area contributed by atoms with Crippen LogP contribution < -0.4 is 10.3 Å². The molecular formula is C29H36ClF3N6O. The lowest BCUT2D eigenvalue weighted by Gasteiger charge is -2.52. The Hall–Kier alpha value is -2.24. The highest BCUT2D eigenvalue weighted by Crippen LogP contribution is 2.51. The van der Waals surface area contributed by atoms with Gasteiger partial charge in [-0.3, -0.25) is 19.5 Å². The molecule has 1 aliphatic carbocycles. The number of rotatable bonds is 5. The second-order valence-electron chi connectivity index (χ2n) is 12.4. The van der Waals surface area contributed by atoms with Crippen molar-refractivity contribution < 1.29 is 18.0 Å². The van der Waals surface area contributed by atoms with E-state index in [0.29, 0.717) is 23.9 Å². The third-order valence-corrected chi connectivity index (χ3v) is 9.15. The van der Waals surface area contributed by atoms with E-state index in [1.807, 2.05) is 19.2 Å². The molecule has 6 rings (SSSR count). The summed E-state index contributed by atoms with van der Waals surface area (Å²) in [5.74, 6) is 0.833. The fourth-order valence-electron chi connectivity index (χ4n) is 7.12. The number of benzene rings is 1. The normalized spacial score (nSPS) is 28.3. The van der Waals surface area contributed by atoms with Gasteiger partial charge >= 0.3 is 6.18 Å². The third kappa shape index (κ3) is 5.02. The molecule has 4 heterocycles. The van der Waals surface area contributed by atoms with Crippen molar-refractivity contribution in [3.63, 3.8) is 0 Å².